The standard InChI is InChI=1S/C15H22N2O/c1-12(13-7-3-2-4-8-13)15(18)17-10-6-5-9-14(17)11-16/h2-4,7-8,12,14H,5-6,9-11,16H2,1H3. The summed E-state index contributed by atoms with van der Waals surface area (Å²) in [5.74, 6) is 0.148. The zero-order valence-electron chi connectivity index (χ0n) is 11.0. The minimum atomic E-state index is -0.0710. The van der Waals surface area contributed by atoms with Gasteiger partial charge in [0.05, 0.1) is 5.92 Å². The predicted molar refractivity (Wildman–Crippen MR) is 73.3 cm³/mol. The number of benzene rings is 1. The minimum absolute atomic E-state index is 0.0710. The van der Waals surface area contributed by atoms with Crippen molar-refractivity contribution in [1.29, 1.82) is 0 Å². The fourth-order valence-electron chi connectivity index (χ4n) is 2.67. The van der Waals surface area contributed by atoms with Crippen LogP contribution in [0.2, 0.25) is 0 Å². The van der Waals surface area contributed by atoms with Gasteiger partial charge in [-0.15, -0.1) is 0 Å². The number of hydrogen-bond acceptors (Lipinski definition) is 2. The normalized spacial score (nSPS) is 21.7. The van der Waals surface area contributed by atoms with Crippen molar-refractivity contribution < 1.29 is 4.79 Å². The predicted octanol–water partition coefficient (Wildman–Crippen LogP) is 2.13. The van der Waals surface area contributed by atoms with Crippen LogP contribution in [0.3, 0.4) is 0 Å². The number of nitrogens with two attached hydrogens (primary N) is 1. The van der Waals surface area contributed by atoms with Crippen LogP contribution in [0.4, 0.5) is 0 Å². The summed E-state index contributed by atoms with van der Waals surface area (Å²) in [7, 11) is 0. The molecule has 0 spiro atoms. The summed E-state index contributed by atoms with van der Waals surface area (Å²) in [6, 6.07) is 10.2. The fourth-order valence-corrected chi connectivity index (χ4v) is 2.67. The quantitative estimate of drug-likeness (QED) is 0.888. The molecule has 0 saturated carbocycles. The zero-order valence-corrected chi connectivity index (χ0v) is 11.0. The van der Waals surface area contributed by atoms with Crippen LogP contribution >= 0.6 is 0 Å². The molecule has 3 heteroatoms. The van der Waals surface area contributed by atoms with Crippen LogP contribution in [0, 0.1) is 0 Å². The van der Waals surface area contributed by atoms with Gasteiger partial charge in [0.25, 0.3) is 0 Å². The Balaban J connectivity index is 2.10. The van der Waals surface area contributed by atoms with Crippen LogP contribution in [0.1, 0.15) is 37.7 Å². The molecule has 1 fully saturated rings. The van der Waals surface area contributed by atoms with Gasteiger partial charge in [-0.2, -0.15) is 0 Å². The van der Waals surface area contributed by atoms with E-state index in [2.05, 4.69) is 0 Å². The molecule has 2 unspecified atom stereocenters. The van der Waals surface area contributed by atoms with E-state index >= 15 is 0 Å². The molecule has 1 aromatic carbocycles. The van der Waals surface area contributed by atoms with Crippen molar-refractivity contribution in [1.82, 2.24) is 4.90 Å². The summed E-state index contributed by atoms with van der Waals surface area (Å²) < 4.78 is 0. The Bertz CT molecular complexity index is 391. The van der Waals surface area contributed by atoms with Gasteiger partial charge in [-0.05, 0) is 31.7 Å². The van der Waals surface area contributed by atoms with E-state index in [0.717, 1.165) is 24.9 Å². The van der Waals surface area contributed by atoms with Crippen molar-refractivity contribution >= 4 is 5.91 Å². The van der Waals surface area contributed by atoms with Crippen LogP contribution < -0.4 is 5.73 Å². The van der Waals surface area contributed by atoms with E-state index in [4.69, 9.17) is 5.73 Å². The molecule has 1 aliphatic heterocycles. The average molecular weight is 246 g/mol. The van der Waals surface area contributed by atoms with Gasteiger partial charge in [-0.3, -0.25) is 4.79 Å². The van der Waals surface area contributed by atoms with Gasteiger partial charge in [0.15, 0.2) is 0 Å². The molecule has 1 aromatic rings. The third-order valence-corrected chi connectivity index (χ3v) is 3.85. The summed E-state index contributed by atoms with van der Waals surface area (Å²) in [4.78, 5) is 14.5. The lowest BCUT2D eigenvalue weighted by Gasteiger charge is -2.36. The molecule has 2 N–H and O–H groups in total. The number of piperidine rings is 1. The Morgan fingerprint density at radius 3 is 2.78 bits per heavy atom. The van der Waals surface area contributed by atoms with Gasteiger partial charge >= 0.3 is 0 Å². The van der Waals surface area contributed by atoms with E-state index in [1.807, 2.05) is 42.2 Å². The lowest BCUT2D eigenvalue weighted by Crippen LogP contribution is -2.48. The lowest BCUT2D eigenvalue weighted by atomic mass is 9.95. The lowest BCUT2D eigenvalue weighted by molar-refractivity contribution is -0.135. The zero-order chi connectivity index (χ0) is 13.0. The molecular formula is C15H22N2O. The van der Waals surface area contributed by atoms with Crippen LogP contribution in [0.15, 0.2) is 30.3 Å². The maximum Gasteiger partial charge on any atom is 0.230 e. The molecule has 98 valence electrons. The minimum Gasteiger partial charge on any atom is -0.338 e. The van der Waals surface area contributed by atoms with Crippen molar-refractivity contribution in [2.24, 2.45) is 5.73 Å². The summed E-state index contributed by atoms with van der Waals surface area (Å²) in [5, 5.41) is 0. The maximum atomic E-state index is 12.5. The summed E-state index contributed by atoms with van der Waals surface area (Å²) in [6.45, 7) is 3.42. The van der Waals surface area contributed by atoms with Crippen molar-refractivity contribution in [3.8, 4) is 0 Å². The van der Waals surface area contributed by atoms with Gasteiger partial charge in [0.1, 0.15) is 0 Å². The SMILES string of the molecule is CC(C(=O)N1CCCCC1CN)c1ccccc1. The number of carbonyl (C=O) groups excluding carboxylic acids is 1. The van der Waals surface area contributed by atoms with Crippen LogP contribution in [-0.2, 0) is 4.79 Å². The average Bonchev–Trinajstić information content (AvgIpc) is 2.46. The number of rotatable bonds is 3. The van der Waals surface area contributed by atoms with Crippen molar-refractivity contribution in [2.75, 3.05) is 13.1 Å². The molecule has 18 heavy (non-hydrogen) atoms. The Hall–Kier alpha value is -1.35. The van der Waals surface area contributed by atoms with Gasteiger partial charge in [0, 0.05) is 19.1 Å². The first-order valence-corrected chi connectivity index (χ1v) is 6.79. The van der Waals surface area contributed by atoms with E-state index in [1.165, 1.54) is 6.42 Å². The second kappa shape index (κ2) is 6.01. The Morgan fingerprint density at radius 1 is 1.39 bits per heavy atom. The first kappa shape index (κ1) is 13.1. The largest absolute Gasteiger partial charge is 0.338 e. The molecule has 2 rings (SSSR count). The van der Waals surface area contributed by atoms with Gasteiger partial charge in [-0.25, -0.2) is 0 Å². The van der Waals surface area contributed by atoms with Gasteiger partial charge in [0.2, 0.25) is 5.91 Å². The van der Waals surface area contributed by atoms with Crippen LogP contribution in [-0.4, -0.2) is 29.9 Å². The fraction of sp³-hybridized carbons (Fsp3) is 0.533. The molecule has 1 aliphatic rings. The highest BCUT2D eigenvalue weighted by molar-refractivity contribution is 5.83. The number of likely N-dealkylation sites (tertiary alicyclic amines) is 1. The van der Waals surface area contributed by atoms with Crippen molar-refractivity contribution in [2.45, 2.75) is 38.1 Å². The molecule has 0 radical (unpaired) electrons. The summed E-state index contributed by atoms with van der Waals surface area (Å²) >= 11 is 0. The first-order chi connectivity index (χ1) is 8.74. The van der Waals surface area contributed by atoms with Gasteiger partial charge < -0.3 is 10.6 Å². The van der Waals surface area contributed by atoms with E-state index in [0.29, 0.717) is 6.54 Å². The molecule has 0 bridgehead atoms. The van der Waals surface area contributed by atoms with Crippen molar-refractivity contribution in [3.63, 3.8) is 0 Å². The van der Waals surface area contributed by atoms with Crippen molar-refractivity contribution in [3.05, 3.63) is 35.9 Å². The second-order valence-corrected chi connectivity index (χ2v) is 5.05. The molecule has 3 nitrogen and oxygen atoms in total. The number of hydrogen-bond donors (Lipinski definition) is 1. The van der Waals surface area contributed by atoms with E-state index in [1.54, 1.807) is 0 Å². The smallest absolute Gasteiger partial charge is 0.230 e. The Labute approximate surface area is 109 Å². The number of amides is 1. The highest BCUT2D eigenvalue weighted by Gasteiger charge is 2.29. The van der Waals surface area contributed by atoms with Crippen LogP contribution in [0.25, 0.3) is 0 Å². The Morgan fingerprint density at radius 2 is 2.11 bits per heavy atom. The molecule has 1 saturated heterocycles. The highest BCUT2D eigenvalue weighted by Crippen LogP contribution is 2.23. The summed E-state index contributed by atoms with van der Waals surface area (Å²) in [5.41, 5.74) is 6.86. The first-order valence-electron chi connectivity index (χ1n) is 6.79. The molecule has 0 aliphatic carbocycles. The topological polar surface area (TPSA) is 46.3 Å². The third-order valence-electron chi connectivity index (χ3n) is 3.85. The molecule has 1 heterocycles. The third kappa shape index (κ3) is 2.72. The molecule has 2 atom stereocenters. The highest BCUT2D eigenvalue weighted by atomic mass is 16.2. The van der Waals surface area contributed by atoms with Gasteiger partial charge in [-0.1, -0.05) is 30.3 Å². The molecule has 0 aromatic heterocycles. The number of nitrogens with zero attached hydrogens (tertiary/aromatic N) is 1. The van der Waals surface area contributed by atoms with E-state index in [-0.39, 0.29) is 17.9 Å². The van der Waals surface area contributed by atoms with Crippen LogP contribution in [0.5, 0.6) is 0 Å². The molecule has 1 amide bonds. The van der Waals surface area contributed by atoms with E-state index in [9.17, 15) is 4.79 Å². The number of carbonyl (C=O) groups is 1. The second-order valence-electron chi connectivity index (χ2n) is 5.05. The summed E-state index contributed by atoms with van der Waals surface area (Å²) in [6.07, 6.45) is 3.33. The maximum absolute atomic E-state index is 12.5. The van der Waals surface area contributed by atoms with E-state index < -0.39 is 0 Å². The monoisotopic (exact) mass is 246 g/mol. The molecular weight excluding hydrogens is 224 g/mol. The Kier molecular flexibility index (Phi) is 4.37.